The van der Waals surface area contributed by atoms with Gasteiger partial charge in [-0.25, -0.2) is 0 Å². The van der Waals surface area contributed by atoms with E-state index in [1.165, 1.54) is 12.1 Å². The van der Waals surface area contributed by atoms with Gasteiger partial charge in [-0.15, -0.1) is 10.2 Å². The lowest BCUT2D eigenvalue weighted by Gasteiger charge is -2.40. The summed E-state index contributed by atoms with van der Waals surface area (Å²) in [7, 11) is 0. The Morgan fingerprint density at radius 2 is 1.64 bits per heavy atom. The Hall–Kier alpha value is -4.07. The zero-order valence-electron chi connectivity index (χ0n) is 19.8. The lowest BCUT2D eigenvalue weighted by Crippen LogP contribution is -2.54. The van der Waals surface area contributed by atoms with Gasteiger partial charge in [-0.2, -0.15) is 8.78 Å². The lowest BCUT2D eigenvalue weighted by molar-refractivity contribution is -0.132. The van der Waals surface area contributed by atoms with Crippen molar-refractivity contribution in [2.45, 2.75) is 26.0 Å². The number of carbonyl (C=O) groups excluding carboxylic acids is 1. The quantitative estimate of drug-likeness (QED) is 0.374. The molecule has 0 radical (unpaired) electrons. The highest BCUT2D eigenvalue weighted by Gasteiger charge is 2.29. The van der Waals surface area contributed by atoms with Crippen LogP contribution in [0.2, 0.25) is 0 Å². The van der Waals surface area contributed by atoms with Crippen LogP contribution < -0.4 is 9.64 Å². The van der Waals surface area contributed by atoms with Gasteiger partial charge in [0.1, 0.15) is 11.4 Å². The maximum atomic E-state index is 13.0. The Bertz CT molecular complexity index is 1350. The molecule has 2 heterocycles. The van der Waals surface area contributed by atoms with Gasteiger partial charge in [-0.1, -0.05) is 66.7 Å². The monoisotopic (exact) mass is 488 g/mol. The molecule has 3 aromatic carbocycles. The van der Waals surface area contributed by atoms with Crippen molar-refractivity contribution in [3.05, 3.63) is 84.4 Å². The third kappa shape index (κ3) is 4.98. The fourth-order valence-electron chi connectivity index (χ4n) is 4.72. The SMILES string of the molecule is C[C@H]1CN(c2nnc(-c3ccccc3)c3ccccc23)CCN1C(=O)Cc1ccc(OC(F)F)cc1. The van der Waals surface area contributed by atoms with E-state index in [0.29, 0.717) is 19.6 Å². The van der Waals surface area contributed by atoms with Gasteiger partial charge in [0.2, 0.25) is 5.91 Å². The minimum atomic E-state index is -2.87. The summed E-state index contributed by atoms with van der Waals surface area (Å²) in [6, 6.07) is 24.3. The van der Waals surface area contributed by atoms with Crippen LogP contribution in [0.15, 0.2) is 78.9 Å². The topological polar surface area (TPSA) is 58.6 Å². The Balaban J connectivity index is 1.30. The zero-order valence-corrected chi connectivity index (χ0v) is 19.8. The fraction of sp³-hybridized carbons (Fsp3) is 0.250. The van der Waals surface area contributed by atoms with E-state index in [2.05, 4.69) is 32.0 Å². The number of piperazine rings is 1. The summed E-state index contributed by atoms with van der Waals surface area (Å²) in [4.78, 5) is 17.1. The Kier molecular flexibility index (Phi) is 6.75. The molecule has 6 nitrogen and oxygen atoms in total. The number of carbonyl (C=O) groups is 1. The summed E-state index contributed by atoms with van der Waals surface area (Å²) in [5.74, 6) is 0.897. The van der Waals surface area contributed by atoms with Crippen LogP contribution in [0.4, 0.5) is 14.6 Å². The van der Waals surface area contributed by atoms with E-state index in [1.54, 1.807) is 12.1 Å². The second kappa shape index (κ2) is 10.3. The number of ether oxygens (including phenoxy) is 1. The van der Waals surface area contributed by atoms with Crippen molar-refractivity contribution < 1.29 is 18.3 Å². The molecule has 1 saturated heterocycles. The zero-order chi connectivity index (χ0) is 25.1. The van der Waals surface area contributed by atoms with Crippen LogP contribution in [0, 0.1) is 0 Å². The molecule has 1 atom stereocenters. The second-order valence-corrected chi connectivity index (χ2v) is 8.87. The van der Waals surface area contributed by atoms with Crippen LogP contribution in [-0.2, 0) is 11.2 Å². The molecule has 0 N–H and O–H groups in total. The molecule has 1 aliphatic heterocycles. The van der Waals surface area contributed by atoms with E-state index in [9.17, 15) is 13.6 Å². The molecule has 4 aromatic rings. The average Bonchev–Trinajstić information content (AvgIpc) is 2.89. The summed E-state index contributed by atoms with van der Waals surface area (Å²) in [5.41, 5.74) is 2.62. The molecule has 0 bridgehead atoms. The normalized spacial score (nSPS) is 15.9. The molecule has 5 rings (SSSR count). The van der Waals surface area contributed by atoms with Gasteiger partial charge >= 0.3 is 6.61 Å². The van der Waals surface area contributed by atoms with Crippen LogP contribution in [0.3, 0.4) is 0 Å². The van der Waals surface area contributed by atoms with Crippen LogP contribution in [0.1, 0.15) is 12.5 Å². The lowest BCUT2D eigenvalue weighted by atomic mass is 10.0. The van der Waals surface area contributed by atoms with Gasteiger partial charge in [0.05, 0.1) is 6.42 Å². The van der Waals surface area contributed by atoms with Gasteiger partial charge in [-0.05, 0) is 24.6 Å². The fourth-order valence-corrected chi connectivity index (χ4v) is 4.72. The highest BCUT2D eigenvalue weighted by Crippen LogP contribution is 2.32. The number of rotatable bonds is 6. The summed E-state index contributed by atoms with van der Waals surface area (Å²) < 4.78 is 29.1. The molecule has 1 aliphatic rings. The molecule has 184 valence electrons. The van der Waals surface area contributed by atoms with Crippen LogP contribution >= 0.6 is 0 Å². The van der Waals surface area contributed by atoms with E-state index in [0.717, 1.165) is 33.4 Å². The molecule has 36 heavy (non-hydrogen) atoms. The highest BCUT2D eigenvalue weighted by molar-refractivity contribution is 6.00. The number of anilines is 1. The van der Waals surface area contributed by atoms with E-state index < -0.39 is 6.61 Å². The van der Waals surface area contributed by atoms with Crippen molar-refractivity contribution in [1.82, 2.24) is 15.1 Å². The Morgan fingerprint density at radius 1 is 0.944 bits per heavy atom. The van der Waals surface area contributed by atoms with Gasteiger partial charge in [-0.3, -0.25) is 4.79 Å². The minimum Gasteiger partial charge on any atom is -0.435 e. The number of amides is 1. The molecule has 0 saturated carbocycles. The average molecular weight is 489 g/mol. The van der Waals surface area contributed by atoms with E-state index in [4.69, 9.17) is 0 Å². The third-order valence-electron chi connectivity index (χ3n) is 6.47. The number of nitrogens with zero attached hydrogens (tertiary/aromatic N) is 4. The molecular formula is C28H26F2N4O2. The molecule has 8 heteroatoms. The maximum Gasteiger partial charge on any atom is 0.387 e. The van der Waals surface area contributed by atoms with E-state index >= 15 is 0 Å². The third-order valence-corrected chi connectivity index (χ3v) is 6.47. The number of hydrogen-bond donors (Lipinski definition) is 0. The number of alkyl halides is 2. The van der Waals surface area contributed by atoms with E-state index in [1.807, 2.05) is 54.3 Å². The first kappa shape index (κ1) is 23.7. The first-order valence-electron chi connectivity index (χ1n) is 11.9. The molecule has 0 spiro atoms. The van der Waals surface area contributed by atoms with Crippen LogP contribution in [0.5, 0.6) is 5.75 Å². The first-order chi connectivity index (χ1) is 17.5. The summed E-state index contributed by atoms with van der Waals surface area (Å²) >= 11 is 0. The van der Waals surface area contributed by atoms with Gasteiger partial charge in [0.25, 0.3) is 0 Å². The van der Waals surface area contributed by atoms with Gasteiger partial charge < -0.3 is 14.5 Å². The molecule has 0 unspecified atom stereocenters. The summed E-state index contributed by atoms with van der Waals surface area (Å²) in [5, 5.41) is 11.3. The van der Waals surface area contributed by atoms with Crippen LogP contribution in [-0.4, -0.2) is 53.3 Å². The highest BCUT2D eigenvalue weighted by atomic mass is 19.3. The molecular weight excluding hydrogens is 462 g/mol. The first-order valence-corrected chi connectivity index (χ1v) is 11.9. The van der Waals surface area contributed by atoms with E-state index in [-0.39, 0.29) is 24.1 Å². The second-order valence-electron chi connectivity index (χ2n) is 8.87. The van der Waals surface area contributed by atoms with Crippen molar-refractivity contribution in [3.63, 3.8) is 0 Å². The standard InChI is InChI=1S/C28H26F2N4O2/c1-19-18-33(15-16-34(19)25(35)17-20-11-13-22(14-12-20)36-28(29)30)27-24-10-6-5-9-23(24)26(31-32-27)21-7-3-2-4-8-21/h2-14,19,28H,15-18H2,1H3/t19-/m0/s1. The van der Waals surface area contributed by atoms with Crippen molar-refractivity contribution in [1.29, 1.82) is 0 Å². The summed E-state index contributed by atoms with van der Waals surface area (Å²) in [6.45, 7) is 0.989. The number of fused-ring (bicyclic) bond motifs is 1. The number of hydrogen-bond acceptors (Lipinski definition) is 5. The largest absolute Gasteiger partial charge is 0.435 e. The van der Waals surface area contributed by atoms with Crippen LogP contribution in [0.25, 0.3) is 22.0 Å². The predicted octanol–water partition coefficient (Wildman–Crippen LogP) is 5.18. The molecule has 1 amide bonds. The van der Waals surface area contributed by atoms with Crippen molar-refractivity contribution in [2.24, 2.45) is 0 Å². The molecule has 1 aromatic heterocycles. The maximum absolute atomic E-state index is 13.0. The Labute approximate surface area is 208 Å². The van der Waals surface area contributed by atoms with Gasteiger partial charge in [0.15, 0.2) is 5.82 Å². The van der Waals surface area contributed by atoms with Crippen molar-refractivity contribution >= 4 is 22.5 Å². The number of benzene rings is 3. The minimum absolute atomic E-state index is 0.0000423. The molecule has 1 fully saturated rings. The smallest absolute Gasteiger partial charge is 0.387 e. The number of halogens is 2. The van der Waals surface area contributed by atoms with Crippen molar-refractivity contribution in [2.75, 3.05) is 24.5 Å². The molecule has 0 aliphatic carbocycles. The number of aromatic nitrogens is 2. The van der Waals surface area contributed by atoms with Gasteiger partial charge in [0, 0.05) is 42.0 Å². The summed E-state index contributed by atoms with van der Waals surface area (Å²) in [6.07, 6.45) is 0.202. The van der Waals surface area contributed by atoms with Crippen molar-refractivity contribution in [3.8, 4) is 17.0 Å². The Morgan fingerprint density at radius 3 is 2.33 bits per heavy atom. The predicted molar refractivity (Wildman–Crippen MR) is 135 cm³/mol.